The average Bonchev–Trinajstić information content (AvgIpc) is 3.30. The zero-order valence-electron chi connectivity index (χ0n) is 31.5. The highest BCUT2D eigenvalue weighted by Gasteiger charge is 2.48. The van der Waals surface area contributed by atoms with Crippen LogP contribution in [0.3, 0.4) is 0 Å². The summed E-state index contributed by atoms with van der Waals surface area (Å²) in [5, 5.41) is 5.55. The number of para-hydroxylation sites is 3. The summed E-state index contributed by atoms with van der Waals surface area (Å²) in [6.45, 7) is 0. The molecule has 9 aromatic rings. The third-order valence-electron chi connectivity index (χ3n) is 11.3. The Balaban J connectivity index is 1.12. The fourth-order valence-corrected chi connectivity index (χ4v) is 13.8. The Labute approximate surface area is 336 Å². The number of anilines is 6. The average molecular weight is 745 g/mol. The quantitative estimate of drug-likeness (QED) is 0.143. The lowest BCUT2D eigenvalue weighted by atomic mass is 10.0. The van der Waals surface area contributed by atoms with E-state index in [-0.39, 0.29) is 0 Å². The molecule has 1 aliphatic heterocycles. The molecule has 0 aromatic heterocycles. The molecule has 0 saturated heterocycles. The number of benzene rings is 9. The van der Waals surface area contributed by atoms with Crippen molar-refractivity contribution in [3.05, 3.63) is 243 Å². The van der Waals surface area contributed by atoms with E-state index in [9.17, 15) is 0 Å². The molecule has 0 fully saturated rings. The molecule has 0 N–H and O–H groups in total. The molecule has 3 heteroatoms. The van der Waals surface area contributed by atoms with Gasteiger partial charge in [-0.2, -0.15) is 0 Å². The van der Waals surface area contributed by atoms with E-state index in [0.717, 1.165) is 22.7 Å². The lowest BCUT2D eigenvalue weighted by Gasteiger charge is -2.45. The van der Waals surface area contributed by atoms with Crippen LogP contribution in [0.4, 0.5) is 34.1 Å². The van der Waals surface area contributed by atoms with Gasteiger partial charge in [-0.15, -0.1) is 0 Å². The molecule has 0 spiro atoms. The first-order chi connectivity index (χ1) is 28.3. The minimum Gasteiger partial charge on any atom is -0.311 e. The van der Waals surface area contributed by atoms with Gasteiger partial charge >= 0.3 is 0 Å². The van der Waals surface area contributed by atoms with Gasteiger partial charge in [-0.25, -0.2) is 0 Å². The molecule has 0 saturated carbocycles. The van der Waals surface area contributed by atoms with E-state index in [1.54, 1.807) is 0 Å². The topological polar surface area (TPSA) is 6.48 Å². The normalized spacial score (nSPS) is 12.7. The summed E-state index contributed by atoms with van der Waals surface area (Å²) >= 11 is 0. The van der Waals surface area contributed by atoms with Crippen molar-refractivity contribution in [2.24, 2.45) is 0 Å². The first-order valence-corrected chi connectivity index (χ1v) is 21.6. The summed E-state index contributed by atoms with van der Waals surface area (Å²) < 4.78 is 0. The fourth-order valence-electron chi connectivity index (χ4n) is 8.75. The number of rotatable bonds is 8. The van der Waals surface area contributed by atoms with Gasteiger partial charge in [0, 0.05) is 34.1 Å². The summed E-state index contributed by atoms with van der Waals surface area (Å²) in [6.07, 6.45) is 0. The summed E-state index contributed by atoms with van der Waals surface area (Å²) in [5.41, 5.74) is 11.7. The first kappa shape index (κ1) is 34.3. The second-order valence-corrected chi connectivity index (χ2v) is 18.3. The Morgan fingerprint density at radius 2 is 0.702 bits per heavy atom. The predicted octanol–water partition coefficient (Wildman–Crippen LogP) is 11.7. The highest BCUT2D eigenvalue weighted by Crippen LogP contribution is 2.41. The van der Waals surface area contributed by atoms with Gasteiger partial charge in [0.25, 0.3) is 0 Å². The van der Waals surface area contributed by atoms with Crippen LogP contribution >= 0.6 is 0 Å². The Morgan fingerprint density at radius 1 is 0.298 bits per heavy atom. The van der Waals surface area contributed by atoms with Gasteiger partial charge in [0.15, 0.2) is 8.07 Å². The molecule has 57 heavy (non-hydrogen) atoms. The van der Waals surface area contributed by atoms with E-state index in [1.165, 1.54) is 54.4 Å². The molecule has 10 rings (SSSR count). The molecule has 0 amide bonds. The van der Waals surface area contributed by atoms with Crippen LogP contribution in [0.25, 0.3) is 22.3 Å². The Kier molecular flexibility index (Phi) is 8.90. The highest BCUT2D eigenvalue weighted by atomic mass is 28.3. The molecule has 2 nitrogen and oxygen atoms in total. The molecule has 0 bridgehead atoms. The molecular formula is C54H40N2Si. The van der Waals surface area contributed by atoms with E-state index in [4.69, 9.17) is 0 Å². The van der Waals surface area contributed by atoms with Crippen LogP contribution in [0.1, 0.15) is 0 Å². The number of hydrogen-bond acceptors (Lipinski definition) is 2. The van der Waals surface area contributed by atoms with Crippen molar-refractivity contribution in [3.8, 4) is 22.3 Å². The maximum Gasteiger partial charge on any atom is 0.184 e. The zero-order chi connectivity index (χ0) is 38.0. The van der Waals surface area contributed by atoms with Crippen molar-refractivity contribution in [2.75, 3.05) is 9.80 Å². The van der Waals surface area contributed by atoms with Crippen molar-refractivity contribution < 1.29 is 0 Å². The minimum absolute atomic E-state index is 1.11. The van der Waals surface area contributed by atoms with E-state index in [0.29, 0.717) is 0 Å². The largest absolute Gasteiger partial charge is 0.311 e. The maximum absolute atomic E-state index is 2.75. The molecule has 9 aromatic carbocycles. The van der Waals surface area contributed by atoms with Gasteiger partial charge in [-0.05, 0) is 104 Å². The Bertz CT molecular complexity index is 2710. The molecule has 0 aliphatic carbocycles. The minimum atomic E-state index is -2.75. The molecule has 270 valence electrons. The van der Waals surface area contributed by atoms with Gasteiger partial charge < -0.3 is 9.80 Å². The highest BCUT2D eigenvalue weighted by molar-refractivity contribution is 7.21. The predicted molar refractivity (Wildman–Crippen MR) is 244 cm³/mol. The van der Waals surface area contributed by atoms with Crippen LogP contribution in [-0.2, 0) is 0 Å². The lowest BCUT2D eigenvalue weighted by Crippen LogP contribution is -2.77. The molecule has 0 unspecified atom stereocenters. The smallest absolute Gasteiger partial charge is 0.184 e. The summed E-state index contributed by atoms with van der Waals surface area (Å²) in [4.78, 5) is 4.81. The van der Waals surface area contributed by atoms with Crippen LogP contribution in [0.15, 0.2) is 243 Å². The van der Waals surface area contributed by atoms with Gasteiger partial charge in [0.05, 0.1) is 0 Å². The van der Waals surface area contributed by atoms with Gasteiger partial charge in [-0.1, -0.05) is 182 Å². The zero-order valence-corrected chi connectivity index (χ0v) is 32.5. The Hall–Kier alpha value is -7.20. The van der Waals surface area contributed by atoms with Crippen LogP contribution in [0.2, 0.25) is 0 Å². The van der Waals surface area contributed by atoms with Gasteiger partial charge in [0.1, 0.15) is 0 Å². The van der Waals surface area contributed by atoms with Crippen molar-refractivity contribution in [2.45, 2.75) is 0 Å². The van der Waals surface area contributed by atoms with Crippen LogP contribution < -0.4 is 30.5 Å². The fraction of sp³-hybridized carbons (Fsp3) is 0. The molecular weight excluding hydrogens is 705 g/mol. The summed E-state index contributed by atoms with van der Waals surface area (Å²) in [5.74, 6) is 0. The molecule has 1 heterocycles. The third-order valence-corrected chi connectivity index (χ3v) is 16.2. The van der Waals surface area contributed by atoms with Crippen LogP contribution in [0.5, 0.6) is 0 Å². The number of hydrogen-bond donors (Lipinski definition) is 0. The van der Waals surface area contributed by atoms with E-state index < -0.39 is 8.07 Å². The lowest BCUT2D eigenvalue weighted by molar-refractivity contribution is 1.28. The van der Waals surface area contributed by atoms with E-state index in [1.807, 2.05) is 0 Å². The summed E-state index contributed by atoms with van der Waals surface area (Å²) in [7, 11) is -2.75. The maximum atomic E-state index is 2.48. The van der Waals surface area contributed by atoms with Crippen molar-refractivity contribution >= 4 is 62.9 Å². The van der Waals surface area contributed by atoms with Crippen molar-refractivity contribution in [3.63, 3.8) is 0 Å². The van der Waals surface area contributed by atoms with E-state index >= 15 is 0 Å². The van der Waals surface area contributed by atoms with Crippen molar-refractivity contribution in [1.29, 1.82) is 0 Å². The van der Waals surface area contributed by atoms with Crippen molar-refractivity contribution in [1.82, 2.24) is 0 Å². The van der Waals surface area contributed by atoms with Crippen LogP contribution in [-0.4, -0.2) is 8.07 Å². The number of nitrogens with zero attached hydrogens (tertiary/aromatic N) is 2. The number of fused-ring (bicyclic) bond motifs is 2. The molecule has 0 radical (unpaired) electrons. The second-order valence-electron chi connectivity index (χ2n) is 14.5. The molecule has 0 atom stereocenters. The summed E-state index contributed by atoms with van der Waals surface area (Å²) in [6, 6.07) is 88.7. The van der Waals surface area contributed by atoms with Crippen LogP contribution in [0, 0.1) is 0 Å². The van der Waals surface area contributed by atoms with Gasteiger partial charge in [0.2, 0.25) is 0 Å². The van der Waals surface area contributed by atoms with Gasteiger partial charge in [-0.3, -0.25) is 0 Å². The second kappa shape index (κ2) is 14.8. The van der Waals surface area contributed by atoms with E-state index in [2.05, 4.69) is 252 Å². The molecule has 1 aliphatic rings. The Morgan fingerprint density at radius 3 is 1.28 bits per heavy atom. The third kappa shape index (κ3) is 6.06. The SMILES string of the molecule is c1ccc(-c2ccc(N(c3ccccc3)c3ccc(-c4ccc5c(c4)N(c4ccccc4)c4ccccc4[Si]5(c4ccccc4)c4ccccc4)cc3)cc2)cc1. The monoisotopic (exact) mass is 744 g/mol. The first-order valence-electron chi connectivity index (χ1n) is 19.6. The standard InChI is InChI=1S/C54H40N2Si/c1-6-18-41(19-7-1)42-30-35-47(36-31-42)55(45-20-8-2-9-21-45)48-37-32-43(33-38-48)44-34-39-54-52(40-44)56(46-22-10-3-11-23-46)51-28-16-17-29-53(51)57(54,49-24-12-4-13-25-49)50-26-14-5-15-27-50/h1-40H.